The Bertz CT molecular complexity index is 710. The first-order valence-electron chi connectivity index (χ1n) is 7.86. The molecule has 0 unspecified atom stereocenters. The molecule has 0 radical (unpaired) electrons. The third-order valence-electron chi connectivity index (χ3n) is 3.99. The van der Waals surface area contributed by atoms with Crippen molar-refractivity contribution >= 4 is 17.7 Å². The number of hydrogen-bond donors (Lipinski definition) is 1. The van der Waals surface area contributed by atoms with Crippen LogP contribution in [0.15, 0.2) is 24.3 Å². The molecule has 3 rings (SSSR count). The Balaban J connectivity index is 1.84. The minimum Gasteiger partial charge on any atom is -0.334 e. The first-order valence-corrected chi connectivity index (χ1v) is 7.86. The molecule has 1 fully saturated rings. The predicted octanol–water partition coefficient (Wildman–Crippen LogP) is 2.92. The molecule has 6 heteroatoms. The zero-order valence-electron chi connectivity index (χ0n) is 13.7. The molecule has 1 saturated heterocycles. The van der Waals surface area contributed by atoms with Gasteiger partial charge in [-0.05, 0) is 44.9 Å². The van der Waals surface area contributed by atoms with Crippen molar-refractivity contribution in [3.8, 4) is 0 Å². The number of carbonyl (C=O) groups is 1. The standard InChI is InChI=1S/C17H21N5O/c1-11-10-12(2)19-17(18-11)21-16-8-4-6-14(20-16)15-7-5-9-22(15)13(3)23/h4,6,8,10,15H,5,7,9H2,1-3H3,(H,18,19,20,21)/t15-/m0/s1. The van der Waals surface area contributed by atoms with Crippen molar-refractivity contribution in [3.63, 3.8) is 0 Å². The van der Waals surface area contributed by atoms with Gasteiger partial charge in [-0.2, -0.15) is 0 Å². The zero-order chi connectivity index (χ0) is 16.4. The first-order chi connectivity index (χ1) is 11.0. The molecule has 120 valence electrons. The Kier molecular flexibility index (Phi) is 4.23. The van der Waals surface area contributed by atoms with E-state index in [9.17, 15) is 4.79 Å². The summed E-state index contributed by atoms with van der Waals surface area (Å²) in [4.78, 5) is 27.0. The number of pyridine rings is 1. The van der Waals surface area contributed by atoms with Crippen LogP contribution in [0.1, 0.15) is 42.9 Å². The molecule has 1 atom stereocenters. The highest BCUT2D eigenvalue weighted by Gasteiger charge is 2.28. The van der Waals surface area contributed by atoms with Crippen LogP contribution in [0.5, 0.6) is 0 Å². The molecule has 1 aliphatic heterocycles. The predicted molar refractivity (Wildman–Crippen MR) is 88.4 cm³/mol. The van der Waals surface area contributed by atoms with Crippen molar-refractivity contribution in [2.75, 3.05) is 11.9 Å². The van der Waals surface area contributed by atoms with Gasteiger partial charge in [-0.15, -0.1) is 0 Å². The molecule has 0 saturated carbocycles. The summed E-state index contributed by atoms with van der Waals surface area (Å²) in [5, 5.41) is 3.16. The second-order valence-electron chi connectivity index (χ2n) is 5.92. The monoisotopic (exact) mass is 311 g/mol. The van der Waals surface area contributed by atoms with E-state index in [1.165, 1.54) is 0 Å². The Morgan fingerprint density at radius 1 is 1.22 bits per heavy atom. The van der Waals surface area contributed by atoms with Crippen molar-refractivity contribution in [2.45, 2.75) is 39.7 Å². The summed E-state index contributed by atoms with van der Waals surface area (Å²) < 4.78 is 0. The zero-order valence-corrected chi connectivity index (χ0v) is 13.7. The maximum absolute atomic E-state index is 11.7. The number of nitrogens with zero attached hydrogens (tertiary/aromatic N) is 4. The van der Waals surface area contributed by atoms with Crippen molar-refractivity contribution in [1.29, 1.82) is 0 Å². The van der Waals surface area contributed by atoms with E-state index in [4.69, 9.17) is 0 Å². The number of amides is 1. The maximum atomic E-state index is 11.7. The Labute approximate surface area is 136 Å². The first kappa shape index (κ1) is 15.4. The highest BCUT2D eigenvalue weighted by molar-refractivity contribution is 5.74. The van der Waals surface area contributed by atoms with E-state index < -0.39 is 0 Å². The SMILES string of the molecule is CC(=O)N1CCC[C@H]1c1cccc(Nc2nc(C)cc(C)n2)n1. The van der Waals surface area contributed by atoms with E-state index in [0.717, 1.165) is 36.5 Å². The lowest BCUT2D eigenvalue weighted by Crippen LogP contribution is -2.28. The molecule has 1 aliphatic rings. The van der Waals surface area contributed by atoms with Crippen LogP contribution in [0.4, 0.5) is 11.8 Å². The molecule has 1 amide bonds. The second-order valence-corrected chi connectivity index (χ2v) is 5.92. The number of aryl methyl sites for hydroxylation is 2. The lowest BCUT2D eigenvalue weighted by Gasteiger charge is -2.23. The summed E-state index contributed by atoms with van der Waals surface area (Å²) in [6.45, 7) is 6.29. The van der Waals surface area contributed by atoms with Gasteiger partial charge in [0.05, 0.1) is 11.7 Å². The summed E-state index contributed by atoms with van der Waals surface area (Å²) >= 11 is 0. The number of nitrogens with one attached hydrogen (secondary N) is 1. The van der Waals surface area contributed by atoms with Crippen molar-refractivity contribution < 1.29 is 4.79 Å². The van der Waals surface area contributed by atoms with E-state index in [0.29, 0.717) is 11.8 Å². The minimum absolute atomic E-state index is 0.0643. The fourth-order valence-electron chi connectivity index (χ4n) is 3.05. The Morgan fingerprint density at radius 3 is 2.65 bits per heavy atom. The number of likely N-dealkylation sites (tertiary alicyclic amines) is 1. The summed E-state index contributed by atoms with van der Waals surface area (Å²) in [5.41, 5.74) is 2.73. The van der Waals surface area contributed by atoms with Crippen LogP contribution in [0.2, 0.25) is 0 Å². The van der Waals surface area contributed by atoms with E-state index in [-0.39, 0.29) is 11.9 Å². The molecule has 2 aromatic rings. The number of rotatable bonds is 3. The van der Waals surface area contributed by atoms with E-state index in [2.05, 4.69) is 20.3 Å². The highest BCUT2D eigenvalue weighted by atomic mass is 16.2. The highest BCUT2D eigenvalue weighted by Crippen LogP contribution is 2.31. The van der Waals surface area contributed by atoms with E-state index in [1.807, 2.05) is 43.0 Å². The van der Waals surface area contributed by atoms with Gasteiger partial charge in [-0.3, -0.25) is 4.79 Å². The van der Waals surface area contributed by atoms with Crippen molar-refractivity contribution in [2.24, 2.45) is 0 Å². The van der Waals surface area contributed by atoms with Crippen LogP contribution >= 0.6 is 0 Å². The lowest BCUT2D eigenvalue weighted by atomic mass is 10.1. The summed E-state index contributed by atoms with van der Waals surface area (Å²) in [6, 6.07) is 7.80. The van der Waals surface area contributed by atoms with Crippen LogP contribution in [-0.2, 0) is 4.79 Å². The maximum Gasteiger partial charge on any atom is 0.228 e. The molecule has 0 aromatic carbocycles. The van der Waals surface area contributed by atoms with Crippen LogP contribution in [0, 0.1) is 13.8 Å². The fourth-order valence-corrected chi connectivity index (χ4v) is 3.05. The lowest BCUT2D eigenvalue weighted by molar-refractivity contribution is -0.129. The molecule has 0 bridgehead atoms. The second kappa shape index (κ2) is 6.32. The average Bonchev–Trinajstić information content (AvgIpc) is 2.96. The number of anilines is 2. The number of aromatic nitrogens is 3. The van der Waals surface area contributed by atoms with Crippen LogP contribution in [0.25, 0.3) is 0 Å². The fraction of sp³-hybridized carbons (Fsp3) is 0.412. The van der Waals surface area contributed by atoms with Gasteiger partial charge < -0.3 is 10.2 Å². The number of hydrogen-bond acceptors (Lipinski definition) is 5. The average molecular weight is 311 g/mol. The van der Waals surface area contributed by atoms with Gasteiger partial charge in [0, 0.05) is 24.9 Å². The molecule has 6 nitrogen and oxygen atoms in total. The van der Waals surface area contributed by atoms with Gasteiger partial charge in [-0.1, -0.05) is 6.07 Å². The molecule has 0 aliphatic carbocycles. The van der Waals surface area contributed by atoms with Gasteiger partial charge in [0.25, 0.3) is 0 Å². The van der Waals surface area contributed by atoms with Crippen LogP contribution in [0.3, 0.4) is 0 Å². The minimum atomic E-state index is 0.0643. The quantitative estimate of drug-likeness (QED) is 0.943. The largest absolute Gasteiger partial charge is 0.334 e. The van der Waals surface area contributed by atoms with E-state index >= 15 is 0 Å². The third-order valence-corrected chi connectivity index (χ3v) is 3.99. The summed E-state index contributed by atoms with van der Waals surface area (Å²) in [6.07, 6.45) is 1.97. The van der Waals surface area contributed by atoms with Gasteiger partial charge in [-0.25, -0.2) is 15.0 Å². The Morgan fingerprint density at radius 2 is 1.96 bits per heavy atom. The van der Waals surface area contributed by atoms with Gasteiger partial charge in [0.1, 0.15) is 5.82 Å². The normalized spacial score (nSPS) is 17.3. The molecule has 23 heavy (non-hydrogen) atoms. The van der Waals surface area contributed by atoms with Crippen LogP contribution < -0.4 is 5.32 Å². The van der Waals surface area contributed by atoms with Crippen LogP contribution in [-0.4, -0.2) is 32.3 Å². The van der Waals surface area contributed by atoms with Crippen molar-refractivity contribution in [1.82, 2.24) is 19.9 Å². The van der Waals surface area contributed by atoms with E-state index in [1.54, 1.807) is 6.92 Å². The van der Waals surface area contributed by atoms with Crippen molar-refractivity contribution in [3.05, 3.63) is 41.3 Å². The smallest absolute Gasteiger partial charge is 0.228 e. The molecular weight excluding hydrogens is 290 g/mol. The topological polar surface area (TPSA) is 71.0 Å². The molecule has 2 aromatic heterocycles. The molecule has 1 N–H and O–H groups in total. The molecular formula is C17H21N5O. The summed E-state index contributed by atoms with van der Waals surface area (Å²) in [5.74, 6) is 1.34. The van der Waals surface area contributed by atoms with Gasteiger partial charge in [0.2, 0.25) is 11.9 Å². The Hall–Kier alpha value is -2.50. The molecule has 3 heterocycles. The molecule has 0 spiro atoms. The van der Waals surface area contributed by atoms with Gasteiger partial charge >= 0.3 is 0 Å². The third kappa shape index (κ3) is 3.47. The summed E-state index contributed by atoms with van der Waals surface area (Å²) in [7, 11) is 0. The number of carbonyl (C=O) groups excluding carboxylic acids is 1. The van der Waals surface area contributed by atoms with Gasteiger partial charge in [0.15, 0.2) is 0 Å².